The fourth-order valence-corrected chi connectivity index (χ4v) is 3.18. The van der Waals surface area contributed by atoms with Crippen LogP contribution in [0.3, 0.4) is 0 Å². The van der Waals surface area contributed by atoms with Gasteiger partial charge in [-0.05, 0) is 50.3 Å². The van der Waals surface area contributed by atoms with Crippen LogP contribution in [-0.4, -0.2) is 35.8 Å². The lowest BCUT2D eigenvalue weighted by Gasteiger charge is -2.43. The summed E-state index contributed by atoms with van der Waals surface area (Å²) in [7, 11) is 0. The average molecular weight is 272 g/mol. The molecule has 3 rings (SSSR count). The number of piperidine rings is 1. The number of fused-ring (bicyclic) bond motifs is 1. The second kappa shape index (κ2) is 4.93. The first kappa shape index (κ1) is 13.2. The molecule has 0 saturated carbocycles. The minimum absolute atomic E-state index is 0.0789. The summed E-state index contributed by atoms with van der Waals surface area (Å²) in [5.41, 5.74) is 3.03. The lowest BCUT2D eigenvalue weighted by atomic mass is 9.97. The normalized spacial score (nSPS) is 23.0. The Morgan fingerprint density at radius 1 is 1.15 bits per heavy atom. The predicted molar refractivity (Wildman–Crippen MR) is 77.6 cm³/mol. The third-order valence-electron chi connectivity index (χ3n) is 4.32. The molecule has 0 bridgehead atoms. The summed E-state index contributed by atoms with van der Waals surface area (Å²) in [6.45, 7) is 4.90. The van der Waals surface area contributed by atoms with Crippen molar-refractivity contribution < 1.29 is 9.59 Å². The van der Waals surface area contributed by atoms with Crippen LogP contribution in [0.15, 0.2) is 18.2 Å². The first-order valence-electron chi connectivity index (χ1n) is 7.26. The average Bonchev–Trinajstić information content (AvgIpc) is 2.46. The van der Waals surface area contributed by atoms with Gasteiger partial charge in [-0.15, -0.1) is 0 Å². The summed E-state index contributed by atoms with van der Waals surface area (Å²) in [5.74, 6) is 0.160. The van der Waals surface area contributed by atoms with E-state index >= 15 is 0 Å². The monoisotopic (exact) mass is 272 g/mol. The number of piperazine rings is 1. The number of rotatable bonds is 1. The second-order valence-electron chi connectivity index (χ2n) is 5.81. The van der Waals surface area contributed by atoms with Crippen LogP contribution in [-0.2, 0) is 9.59 Å². The number of hydrogen-bond donors (Lipinski definition) is 0. The molecule has 0 radical (unpaired) electrons. The number of nitrogens with zero attached hydrogens (tertiary/aromatic N) is 2. The molecule has 0 N–H and O–H groups in total. The standard InChI is InChI=1S/C16H20N2O2/c1-11-6-7-12(2)14(9-11)18-10-15(19)17-8-4-3-5-13(17)16(18)20/h6-7,9,13H,3-5,8,10H2,1-2H3. The van der Waals surface area contributed by atoms with Crippen molar-refractivity contribution in [2.75, 3.05) is 18.0 Å². The Hall–Kier alpha value is -1.84. The van der Waals surface area contributed by atoms with Gasteiger partial charge >= 0.3 is 0 Å². The van der Waals surface area contributed by atoms with Gasteiger partial charge in [0.25, 0.3) is 0 Å². The molecule has 4 heteroatoms. The summed E-state index contributed by atoms with van der Waals surface area (Å²) in [5, 5.41) is 0. The van der Waals surface area contributed by atoms with E-state index in [0.29, 0.717) is 0 Å². The highest BCUT2D eigenvalue weighted by atomic mass is 16.2. The molecule has 2 aliphatic heterocycles. The molecular weight excluding hydrogens is 252 g/mol. The largest absolute Gasteiger partial charge is 0.329 e. The maximum atomic E-state index is 12.7. The molecule has 1 aromatic carbocycles. The van der Waals surface area contributed by atoms with Gasteiger partial charge in [-0.25, -0.2) is 0 Å². The molecule has 0 spiro atoms. The summed E-state index contributed by atoms with van der Waals surface area (Å²) >= 11 is 0. The van der Waals surface area contributed by atoms with Gasteiger partial charge in [0.05, 0.1) is 0 Å². The highest BCUT2D eigenvalue weighted by molar-refractivity contribution is 6.07. The predicted octanol–water partition coefficient (Wildman–Crippen LogP) is 2.03. The van der Waals surface area contributed by atoms with Gasteiger partial charge in [0.1, 0.15) is 12.6 Å². The lowest BCUT2D eigenvalue weighted by Crippen LogP contribution is -2.61. The fraction of sp³-hybridized carbons (Fsp3) is 0.500. The summed E-state index contributed by atoms with van der Waals surface area (Å²) in [6.07, 6.45) is 2.84. The summed E-state index contributed by atoms with van der Waals surface area (Å²) in [6, 6.07) is 5.79. The van der Waals surface area contributed by atoms with Crippen LogP contribution in [0, 0.1) is 13.8 Å². The molecule has 4 nitrogen and oxygen atoms in total. The Balaban J connectivity index is 1.96. The van der Waals surface area contributed by atoms with E-state index in [-0.39, 0.29) is 24.4 Å². The van der Waals surface area contributed by atoms with Crippen LogP contribution in [0.5, 0.6) is 0 Å². The van der Waals surface area contributed by atoms with Crippen molar-refractivity contribution in [2.45, 2.75) is 39.2 Å². The van der Waals surface area contributed by atoms with Crippen molar-refractivity contribution in [3.63, 3.8) is 0 Å². The number of anilines is 1. The topological polar surface area (TPSA) is 40.6 Å². The molecule has 20 heavy (non-hydrogen) atoms. The van der Waals surface area contributed by atoms with Crippen molar-refractivity contribution >= 4 is 17.5 Å². The molecule has 1 unspecified atom stereocenters. The van der Waals surface area contributed by atoms with Crippen molar-refractivity contribution in [1.29, 1.82) is 0 Å². The minimum atomic E-state index is -0.245. The molecule has 106 valence electrons. The first-order chi connectivity index (χ1) is 9.58. The van der Waals surface area contributed by atoms with Gasteiger partial charge < -0.3 is 9.80 Å². The number of carbonyl (C=O) groups excluding carboxylic acids is 2. The van der Waals surface area contributed by atoms with Crippen LogP contribution >= 0.6 is 0 Å². The van der Waals surface area contributed by atoms with Gasteiger partial charge in [-0.2, -0.15) is 0 Å². The summed E-state index contributed by atoms with van der Waals surface area (Å²) < 4.78 is 0. The molecule has 2 heterocycles. The van der Waals surface area contributed by atoms with Crippen LogP contribution < -0.4 is 4.90 Å². The van der Waals surface area contributed by atoms with E-state index in [0.717, 1.165) is 42.6 Å². The molecular formula is C16H20N2O2. The van der Waals surface area contributed by atoms with Crippen molar-refractivity contribution in [1.82, 2.24) is 4.90 Å². The van der Waals surface area contributed by atoms with Crippen molar-refractivity contribution in [3.8, 4) is 0 Å². The highest BCUT2D eigenvalue weighted by Gasteiger charge is 2.41. The Labute approximate surface area is 119 Å². The molecule has 0 aromatic heterocycles. The third-order valence-corrected chi connectivity index (χ3v) is 4.32. The number of aryl methyl sites for hydroxylation is 2. The Morgan fingerprint density at radius 3 is 2.75 bits per heavy atom. The lowest BCUT2D eigenvalue weighted by molar-refractivity contribution is -0.144. The van der Waals surface area contributed by atoms with Crippen molar-refractivity contribution in [2.24, 2.45) is 0 Å². The number of benzene rings is 1. The first-order valence-corrected chi connectivity index (χ1v) is 7.26. The second-order valence-corrected chi connectivity index (χ2v) is 5.81. The van der Waals surface area contributed by atoms with E-state index in [1.54, 1.807) is 9.80 Å². The zero-order valence-corrected chi connectivity index (χ0v) is 12.1. The zero-order chi connectivity index (χ0) is 14.3. The van der Waals surface area contributed by atoms with E-state index in [4.69, 9.17) is 0 Å². The third kappa shape index (κ3) is 2.09. The van der Waals surface area contributed by atoms with E-state index in [1.165, 1.54) is 0 Å². The zero-order valence-electron chi connectivity index (χ0n) is 12.1. The van der Waals surface area contributed by atoms with Crippen molar-refractivity contribution in [3.05, 3.63) is 29.3 Å². The molecule has 1 aromatic rings. The van der Waals surface area contributed by atoms with Gasteiger partial charge in [0, 0.05) is 12.2 Å². The van der Waals surface area contributed by atoms with Crippen LogP contribution in [0.2, 0.25) is 0 Å². The smallest absolute Gasteiger partial charge is 0.250 e. The SMILES string of the molecule is Cc1ccc(C)c(N2CC(=O)N3CCCCC3C2=O)c1. The Bertz CT molecular complexity index is 568. The number of amides is 2. The minimum Gasteiger partial charge on any atom is -0.329 e. The van der Waals surface area contributed by atoms with Crippen LogP contribution in [0.1, 0.15) is 30.4 Å². The summed E-state index contributed by atoms with van der Waals surface area (Å²) in [4.78, 5) is 28.4. The van der Waals surface area contributed by atoms with Crippen LogP contribution in [0.4, 0.5) is 5.69 Å². The van der Waals surface area contributed by atoms with E-state index in [1.807, 2.05) is 32.0 Å². The molecule has 2 aliphatic rings. The molecule has 2 fully saturated rings. The fourth-order valence-electron chi connectivity index (χ4n) is 3.18. The quantitative estimate of drug-likeness (QED) is 0.785. The molecule has 0 aliphatic carbocycles. The Morgan fingerprint density at radius 2 is 1.95 bits per heavy atom. The van der Waals surface area contributed by atoms with Crippen LogP contribution in [0.25, 0.3) is 0 Å². The van der Waals surface area contributed by atoms with Gasteiger partial charge in [-0.3, -0.25) is 9.59 Å². The van der Waals surface area contributed by atoms with E-state index in [9.17, 15) is 9.59 Å². The maximum Gasteiger partial charge on any atom is 0.250 e. The number of carbonyl (C=O) groups is 2. The Kier molecular flexibility index (Phi) is 3.24. The molecule has 2 saturated heterocycles. The van der Waals surface area contributed by atoms with Gasteiger partial charge in [0.15, 0.2) is 0 Å². The van der Waals surface area contributed by atoms with E-state index < -0.39 is 0 Å². The number of hydrogen-bond acceptors (Lipinski definition) is 2. The van der Waals surface area contributed by atoms with Gasteiger partial charge in [-0.1, -0.05) is 12.1 Å². The maximum absolute atomic E-state index is 12.7. The molecule has 1 atom stereocenters. The molecule has 2 amide bonds. The van der Waals surface area contributed by atoms with Gasteiger partial charge in [0.2, 0.25) is 11.8 Å². The highest BCUT2D eigenvalue weighted by Crippen LogP contribution is 2.29. The van der Waals surface area contributed by atoms with E-state index in [2.05, 4.69) is 0 Å².